The molecular formula is C10H12F2N2O. The van der Waals surface area contributed by atoms with Crippen molar-refractivity contribution in [2.75, 3.05) is 13.7 Å². The summed E-state index contributed by atoms with van der Waals surface area (Å²) in [5, 5.41) is 0. The summed E-state index contributed by atoms with van der Waals surface area (Å²) in [6, 6.07) is 3.52. The summed E-state index contributed by atoms with van der Waals surface area (Å²) in [6.45, 7) is 1.01. The third-order valence-electron chi connectivity index (χ3n) is 2.26. The molecule has 5 heteroatoms. The Labute approximate surface area is 86.7 Å². The normalized spacial score (nSPS) is 15.7. The first-order valence-electron chi connectivity index (χ1n) is 4.73. The van der Waals surface area contributed by atoms with Crippen LogP contribution < -0.4 is 4.74 Å². The minimum atomic E-state index is -2.46. The van der Waals surface area contributed by atoms with Crippen molar-refractivity contribution < 1.29 is 13.5 Å². The molecule has 1 aromatic heterocycles. The molecule has 1 aliphatic heterocycles. The van der Waals surface area contributed by atoms with Gasteiger partial charge in [0.2, 0.25) is 5.88 Å². The van der Waals surface area contributed by atoms with Crippen molar-refractivity contribution >= 4 is 0 Å². The van der Waals surface area contributed by atoms with Crippen LogP contribution in [0.3, 0.4) is 0 Å². The second-order valence-electron chi connectivity index (χ2n) is 3.63. The van der Waals surface area contributed by atoms with E-state index < -0.39 is 13.0 Å². The van der Waals surface area contributed by atoms with Gasteiger partial charge in [-0.2, -0.15) is 0 Å². The fourth-order valence-corrected chi connectivity index (χ4v) is 1.62. The number of hydrogen-bond donors (Lipinski definition) is 0. The first-order valence-corrected chi connectivity index (χ1v) is 4.73. The van der Waals surface area contributed by atoms with Crippen LogP contribution in [0.1, 0.15) is 11.3 Å². The van der Waals surface area contributed by atoms with E-state index in [1.54, 1.807) is 6.07 Å². The molecule has 0 aliphatic carbocycles. The lowest BCUT2D eigenvalue weighted by atomic mass is 10.2. The number of fused-ring (bicyclic) bond motifs is 1. The lowest BCUT2D eigenvalue weighted by Gasteiger charge is -2.05. The molecular weight excluding hydrogens is 202 g/mol. The molecule has 0 saturated heterocycles. The van der Waals surface area contributed by atoms with Crippen LogP contribution in [0.2, 0.25) is 0 Å². The van der Waals surface area contributed by atoms with Gasteiger partial charge in [-0.25, -0.2) is 13.8 Å². The number of ether oxygens (including phenoxy) is 1. The van der Waals surface area contributed by atoms with Gasteiger partial charge in [0.15, 0.2) is 6.61 Å². The molecule has 1 aliphatic rings. The van der Waals surface area contributed by atoms with Gasteiger partial charge >= 0.3 is 0 Å². The SMILES string of the molecule is CN1Cc2ccc(OCC(F)F)nc2C1. The third kappa shape index (κ3) is 2.41. The second-order valence-corrected chi connectivity index (χ2v) is 3.63. The smallest absolute Gasteiger partial charge is 0.272 e. The Bertz CT molecular complexity index is 357. The summed E-state index contributed by atoms with van der Waals surface area (Å²) >= 11 is 0. The zero-order chi connectivity index (χ0) is 10.8. The zero-order valence-electron chi connectivity index (χ0n) is 8.41. The monoisotopic (exact) mass is 214 g/mol. The number of pyridine rings is 1. The molecule has 0 aromatic carbocycles. The highest BCUT2D eigenvalue weighted by Gasteiger charge is 2.17. The molecule has 0 radical (unpaired) electrons. The van der Waals surface area contributed by atoms with Gasteiger partial charge in [-0.05, 0) is 12.6 Å². The Morgan fingerprint density at radius 2 is 2.27 bits per heavy atom. The van der Waals surface area contributed by atoms with Crippen molar-refractivity contribution in [2.45, 2.75) is 19.5 Å². The molecule has 2 heterocycles. The van der Waals surface area contributed by atoms with E-state index in [0.717, 1.165) is 24.3 Å². The number of alkyl halides is 2. The van der Waals surface area contributed by atoms with Crippen LogP contribution in [-0.2, 0) is 13.1 Å². The molecule has 0 N–H and O–H groups in total. The van der Waals surface area contributed by atoms with Gasteiger partial charge in [0.05, 0.1) is 5.69 Å². The predicted octanol–water partition coefficient (Wildman–Crippen LogP) is 1.67. The number of nitrogens with zero attached hydrogens (tertiary/aromatic N) is 2. The van der Waals surface area contributed by atoms with Crippen LogP contribution in [0.15, 0.2) is 12.1 Å². The van der Waals surface area contributed by atoms with E-state index in [0.29, 0.717) is 0 Å². The maximum Gasteiger partial charge on any atom is 0.272 e. The summed E-state index contributed by atoms with van der Waals surface area (Å²) in [6.07, 6.45) is -2.46. The highest BCUT2D eigenvalue weighted by molar-refractivity contribution is 5.28. The van der Waals surface area contributed by atoms with Gasteiger partial charge in [-0.3, -0.25) is 4.90 Å². The number of hydrogen-bond acceptors (Lipinski definition) is 3. The molecule has 0 amide bonds. The third-order valence-corrected chi connectivity index (χ3v) is 2.26. The standard InChI is InChI=1S/C10H12F2N2O/c1-14-4-7-2-3-10(13-8(7)5-14)15-6-9(11)12/h2-3,9H,4-6H2,1H3. The van der Waals surface area contributed by atoms with Gasteiger partial charge in [0.25, 0.3) is 6.43 Å². The van der Waals surface area contributed by atoms with Crippen molar-refractivity contribution in [1.82, 2.24) is 9.88 Å². The lowest BCUT2D eigenvalue weighted by Crippen LogP contribution is -2.09. The first kappa shape index (κ1) is 10.3. The van der Waals surface area contributed by atoms with Gasteiger partial charge in [-0.15, -0.1) is 0 Å². The van der Waals surface area contributed by atoms with E-state index in [4.69, 9.17) is 4.74 Å². The summed E-state index contributed by atoms with van der Waals surface area (Å²) in [7, 11) is 1.99. The van der Waals surface area contributed by atoms with Crippen molar-refractivity contribution in [3.8, 4) is 5.88 Å². The minimum Gasteiger partial charge on any atom is -0.472 e. The van der Waals surface area contributed by atoms with E-state index in [2.05, 4.69) is 9.88 Å². The van der Waals surface area contributed by atoms with Crippen LogP contribution in [-0.4, -0.2) is 30.0 Å². The highest BCUT2D eigenvalue weighted by Crippen LogP contribution is 2.22. The van der Waals surface area contributed by atoms with Crippen LogP contribution >= 0.6 is 0 Å². The molecule has 1 aromatic rings. The molecule has 0 bridgehead atoms. The Hall–Kier alpha value is -1.23. The Kier molecular flexibility index (Phi) is 2.81. The van der Waals surface area contributed by atoms with Crippen molar-refractivity contribution in [2.24, 2.45) is 0 Å². The second kappa shape index (κ2) is 4.10. The van der Waals surface area contributed by atoms with Crippen LogP contribution in [0, 0.1) is 0 Å². The highest BCUT2D eigenvalue weighted by atomic mass is 19.3. The van der Waals surface area contributed by atoms with E-state index in [1.165, 1.54) is 0 Å². The van der Waals surface area contributed by atoms with Gasteiger partial charge in [0.1, 0.15) is 0 Å². The minimum absolute atomic E-state index is 0.282. The maximum atomic E-state index is 11.9. The maximum absolute atomic E-state index is 11.9. The van der Waals surface area contributed by atoms with Crippen LogP contribution in [0.25, 0.3) is 0 Å². The van der Waals surface area contributed by atoms with E-state index in [-0.39, 0.29) is 5.88 Å². The van der Waals surface area contributed by atoms with Gasteiger partial charge < -0.3 is 4.74 Å². The molecule has 0 fully saturated rings. The molecule has 3 nitrogen and oxygen atoms in total. The Morgan fingerprint density at radius 3 is 3.00 bits per heavy atom. The number of halogens is 2. The van der Waals surface area contributed by atoms with Gasteiger partial charge in [0, 0.05) is 19.2 Å². The average Bonchev–Trinajstić information content (AvgIpc) is 2.53. The van der Waals surface area contributed by atoms with Crippen molar-refractivity contribution in [3.63, 3.8) is 0 Å². The van der Waals surface area contributed by atoms with Gasteiger partial charge in [-0.1, -0.05) is 6.07 Å². The fraction of sp³-hybridized carbons (Fsp3) is 0.500. The predicted molar refractivity (Wildman–Crippen MR) is 50.9 cm³/mol. The first-order chi connectivity index (χ1) is 7.15. The summed E-state index contributed by atoms with van der Waals surface area (Å²) in [4.78, 5) is 6.28. The lowest BCUT2D eigenvalue weighted by molar-refractivity contribution is 0.0794. The molecule has 0 saturated carbocycles. The molecule has 82 valence electrons. The summed E-state index contributed by atoms with van der Waals surface area (Å²) in [5.41, 5.74) is 2.06. The largest absolute Gasteiger partial charge is 0.472 e. The topological polar surface area (TPSA) is 25.4 Å². The number of aromatic nitrogens is 1. The molecule has 0 unspecified atom stereocenters. The fourth-order valence-electron chi connectivity index (χ4n) is 1.62. The number of rotatable bonds is 3. The summed E-state index contributed by atoms with van der Waals surface area (Å²) < 4.78 is 28.6. The Morgan fingerprint density at radius 1 is 1.47 bits per heavy atom. The van der Waals surface area contributed by atoms with E-state index in [1.807, 2.05) is 13.1 Å². The van der Waals surface area contributed by atoms with Crippen molar-refractivity contribution in [1.29, 1.82) is 0 Å². The molecule has 0 atom stereocenters. The average molecular weight is 214 g/mol. The quantitative estimate of drug-likeness (QED) is 0.765. The van der Waals surface area contributed by atoms with Crippen LogP contribution in [0.5, 0.6) is 5.88 Å². The Balaban J connectivity index is 2.06. The molecule has 0 spiro atoms. The molecule has 2 rings (SSSR count). The van der Waals surface area contributed by atoms with E-state index >= 15 is 0 Å². The molecule has 15 heavy (non-hydrogen) atoms. The zero-order valence-corrected chi connectivity index (χ0v) is 8.41. The van der Waals surface area contributed by atoms with E-state index in [9.17, 15) is 8.78 Å². The van der Waals surface area contributed by atoms with Crippen LogP contribution in [0.4, 0.5) is 8.78 Å². The summed E-state index contributed by atoms with van der Waals surface area (Å²) in [5.74, 6) is 0.282. The van der Waals surface area contributed by atoms with Crippen molar-refractivity contribution in [3.05, 3.63) is 23.4 Å².